The van der Waals surface area contributed by atoms with Crippen LogP contribution in [0.4, 0.5) is 11.5 Å². The molecule has 2 rings (SSSR count). The predicted molar refractivity (Wildman–Crippen MR) is 101 cm³/mol. The number of rotatable bonds is 8. The molecule has 1 amide bonds. The SMILES string of the molecule is CCCCC1CCC(C(=O)Nc2ccc(N(CC)CC)nc2)CC1. The fourth-order valence-electron chi connectivity index (χ4n) is 3.65. The second-order valence-corrected chi connectivity index (χ2v) is 6.93. The van der Waals surface area contributed by atoms with Crippen LogP contribution >= 0.6 is 0 Å². The lowest BCUT2D eigenvalue weighted by Gasteiger charge is -2.27. The Labute approximate surface area is 147 Å². The lowest BCUT2D eigenvalue weighted by Crippen LogP contribution is -2.27. The Balaban J connectivity index is 1.82. The third-order valence-corrected chi connectivity index (χ3v) is 5.29. The summed E-state index contributed by atoms with van der Waals surface area (Å²) in [4.78, 5) is 19.1. The maximum absolute atomic E-state index is 12.5. The first-order chi connectivity index (χ1) is 11.7. The van der Waals surface area contributed by atoms with Crippen molar-refractivity contribution in [3.8, 4) is 0 Å². The van der Waals surface area contributed by atoms with Gasteiger partial charge in [-0.25, -0.2) is 4.98 Å². The number of aromatic nitrogens is 1. The molecule has 1 aromatic rings. The molecule has 0 atom stereocenters. The van der Waals surface area contributed by atoms with Crippen LogP contribution in [0.1, 0.15) is 65.7 Å². The van der Waals surface area contributed by atoms with E-state index >= 15 is 0 Å². The molecule has 1 fully saturated rings. The van der Waals surface area contributed by atoms with E-state index in [0.717, 1.165) is 43.4 Å². The van der Waals surface area contributed by atoms with Crippen molar-refractivity contribution in [2.75, 3.05) is 23.3 Å². The Bertz CT molecular complexity index is 488. The molecule has 0 bridgehead atoms. The third-order valence-electron chi connectivity index (χ3n) is 5.29. The average molecular weight is 332 g/mol. The van der Waals surface area contributed by atoms with Crippen LogP contribution in [-0.4, -0.2) is 24.0 Å². The van der Waals surface area contributed by atoms with E-state index < -0.39 is 0 Å². The number of nitrogens with one attached hydrogen (secondary N) is 1. The van der Waals surface area contributed by atoms with Crippen molar-refractivity contribution in [3.63, 3.8) is 0 Å². The zero-order valence-electron chi connectivity index (χ0n) is 15.6. The Morgan fingerprint density at radius 2 is 1.88 bits per heavy atom. The highest BCUT2D eigenvalue weighted by Gasteiger charge is 2.26. The zero-order chi connectivity index (χ0) is 17.4. The lowest BCUT2D eigenvalue weighted by molar-refractivity contribution is -0.121. The summed E-state index contributed by atoms with van der Waals surface area (Å²) < 4.78 is 0. The van der Waals surface area contributed by atoms with Gasteiger partial charge in [0, 0.05) is 19.0 Å². The Hall–Kier alpha value is -1.58. The Morgan fingerprint density at radius 3 is 2.42 bits per heavy atom. The topological polar surface area (TPSA) is 45.2 Å². The van der Waals surface area contributed by atoms with Crippen molar-refractivity contribution in [2.45, 2.75) is 65.7 Å². The molecule has 1 saturated carbocycles. The van der Waals surface area contributed by atoms with Crippen molar-refractivity contribution in [2.24, 2.45) is 11.8 Å². The van der Waals surface area contributed by atoms with Crippen LogP contribution in [0.5, 0.6) is 0 Å². The average Bonchev–Trinajstić information content (AvgIpc) is 2.62. The second kappa shape index (κ2) is 9.65. The van der Waals surface area contributed by atoms with Crippen molar-refractivity contribution >= 4 is 17.4 Å². The van der Waals surface area contributed by atoms with Crippen molar-refractivity contribution in [3.05, 3.63) is 18.3 Å². The molecule has 0 aliphatic heterocycles. The highest BCUT2D eigenvalue weighted by atomic mass is 16.1. The summed E-state index contributed by atoms with van der Waals surface area (Å²) in [7, 11) is 0. The molecule has 1 aliphatic rings. The standard InChI is InChI=1S/C20H33N3O/c1-4-7-8-16-9-11-17(12-10-16)20(24)22-18-13-14-19(21-15-18)23(5-2)6-3/h13-17H,4-12H2,1-3H3,(H,22,24). The number of amides is 1. The first-order valence-electron chi connectivity index (χ1n) is 9.69. The molecule has 1 heterocycles. The molecule has 0 aromatic carbocycles. The molecule has 4 heteroatoms. The van der Waals surface area contributed by atoms with E-state index in [2.05, 4.69) is 36.0 Å². The monoisotopic (exact) mass is 331 g/mol. The van der Waals surface area contributed by atoms with Gasteiger partial charge in [0.2, 0.25) is 5.91 Å². The maximum atomic E-state index is 12.5. The van der Waals surface area contributed by atoms with Crippen LogP contribution in [0.3, 0.4) is 0 Å². The van der Waals surface area contributed by atoms with Gasteiger partial charge < -0.3 is 10.2 Å². The number of carbonyl (C=O) groups is 1. The predicted octanol–water partition coefficient (Wildman–Crippen LogP) is 4.86. The Morgan fingerprint density at radius 1 is 1.17 bits per heavy atom. The van der Waals surface area contributed by atoms with Gasteiger partial charge in [0.1, 0.15) is 5.82 Å². The lowest BCUT2D eigenvalue weighted by atomic mass is 9.79. The van der Waals surface area contributed by atoms with E-state index in [1.807, 2.05) is 12.1 Å². The summed E-state index contributed by atoms with van der Waals surface area (Å²) in [6, 6.07) is 3.95. The van der Waals surface area contributed by atoms with Crippen LogP contribution in [0.2, 0.25) is 0 Å². The maximum Gasteiger partial charge on any atom is 0.227 e. The largest absolute Gasteiger partial charge is 0.357 e. The smallest absolute Gasteiger partial charge is 0.227 e. The molecule has 0 radical (unpaired) electrons. The van der Waals surface area contributed by atoms with E-state index in [1.165, 1.54) is 32.1 Å². The second-order valence-electron chi connectivity index (χ2n) is 6.93. The summed E-state index contributed by atoms with van der Waals surface area (Å²) in [5.41, 5.74) is 0.809. The number of unbranched alkanes of at least 4 members (excludes halogenated alkanes) is 1. The van der Waals surface area contributed by atoms with E-state index in [-0.39, 0.29) is 11.8 Å². The molecular weight excluding hydrogens is 298 g/mol. The molecule has 0 unspecified atom stereocenters. The van der Waals surface area contributed by atoms with Gasteiger partial charge in [-0.2, -0.15) is 0 Å². The molecule has 1 aliphatic carbocycles. The highest BCUT2D eigenvalue weighted by Crippen LogP contribution is 2.32. The molecule has 0 spiro atoms. The molecule has 0 saturated heterocycles. The quantitative estimate of drug-likeness (QED) is 0.739. The van der Waals surface area contributed by atoms with Crippen molar-refractivity contribution in [1.29, 1.82) is 0 Å². The van der Waals surface area contributed by atoms with Gasteiger partial charge in [-0.05, 0) is 57.6 Å². The molecule has 24 heavy (non-hydrogen) atoms. The fraction of sp³-hybridized carbons (Fsp3) is 0.700. The van der Waals surface area contributed by atoms with Crippen LogP contribution in [0, 0.1) is 11.8 Å². The van der Waals surface area contributed by atoms with Gasteiger partial charge in [0.25, 0.3) is 0 Å². The van der Waals surface area contributed by atoms with Crippen molar-refractivity contribution in [1.82, 2.24) is 4.98 Å². The number of carbonyl (C=O) groups excluding carboxylic acids is 1. The number of nitrogens with zero attached hydrogens (tertiary/aromatic N) is 2. The van der Waals surface area contributed by atoms with Crippen molar-refractivity contribution < 1.29 is 4.79 Å². The molecule has 1 aromatic heterocycles. The van der Waals surface area contributed by atoms with E-state index in [9.17, 15) is 4.79 Å². The normalized spacial score (nSPS) is 20.6. The van der Waals surface area contributed by atoms with Gasteiger partial charge in [-0.15, -0.1) is 0 Å². The fourth-order valence-corrected chi connectivity index (χ4v) is 3.65. The van der Waals surface area contributed by atoms with E-state index in [1.54, 1.807) is 6.20 Å². The zero-order valence-corrected chi connectivity index (χ0v) is 15.6. The van der Waals surface area contributed by atoms with E-state index in [4.69, 9.17) is 0 Å². The van der Waals surface area contributed by atoms with E-state index in [0.29, 0.717) is 0 Å². The summed E-state index contributed by atoms with van der Waals surface area (Å²) in [5, 5.41) is 3.05. The molecular formula is C20H33N3O. The number of hydrogen-bond donors (Lipinski definition) is 1. The van der Waals surface area contributed by atoms with Crippen LogP contribution in [0.25, 0.3) is 0 Å². The minimum absolute atomic E-state index is 0.168. The van der Waals surface area contributed by atoms with Crippen LogP contribution in [-0.2, 0) is 4.79 Å². The first-order valence-corrected chi connectivity index (χ1v) is 9.69. The van der Waals surface area contributed by atoms with Crippen LogP contribution in [0.15, 0.2) is 18.3 Å². The molecule has 1 N–H and O–H groups in total. The Kier molecular flexibility index (Phi) is 7.54. The van der Waals surface area contributed by atoms with Gasteiger partial charge in [-0.3, -0.25) is 4.79 Å². The van der Waals surface area contributed by atoms with Gasteiger partial charge in [-0.1, -0.05) is 26.2 Å². The minimum Gasteiger partial charge on any atom is -0.357 e. The van der Waals surface area contributed by atoms with Crippen LogP contribution < -0.4 is 10.2 Å². The molecule has 4 nitrogen and oxygen atoms in total. The van der Waals surface area contributed by atoms with Gasteiger partial charge in [0.05, 0.1) is 11.9 Å². The summed E-state index contributed by atoms with van der Waals surface area (Å²) in [6.07, 6.45) is 10.2. The van der Waals surface area contributed by atoms with Gasteiger partial charge in [0.15, 0.2) is 0 Å². The first kappa shape index (κ1) is 18.8. The molecule has 134 valence electrons. The summed E-state index contributed by atoms with van der Waals surface area (Å²) in [5.74, 6) is 2.14. The van der Waals surface area contributed by atoms with Gasteiger partial charge >= 0.3 is 0 Å². The third kappa shape index (κ3) is 5.22. The summed E-state index contributed by atoms with van der Waals surface area (Å²) in [6.45, 7) is 8.38. The number of hydrogen-bond acceptors (Lipinski definition) is 3. The number of pyridine rings is 1. The number of anilines is 2. The minimum atomic E-state index is 0.168. The summed E-state index contributed by atoms with van der Waals surface area (Å²) >= 11 is 0. The highest BCUT2D eigenvalue weighted by molar-refractivity contribution is 5.92.